The van der Waals surface area contributed by atoms with E-state index in [1.54, 1.807) is 19.2 Å². The summed E-state index contributed by atoms with van der Waals surface area (Å²) in [6, 6.07) is 13.8. The number of hydrogen-bond acceptors (Lipinski definition) is 6. The van der Waals surface area contributed by atoms with E-state index in [0.29, 0.717) is 16.5 Å². The van der Waals surface area contributed by atoms with Gasteiger partial charge in [0.15, 0.2) is 0 Å². The first-order valence-corrected chi connectivity index (χ1v) is 11.9. The van der Waals surface area contributed by atoms with Crippen LogP contribution >= 0.6 is 0 Å². The van der Waals surface area contributed by atoms with Crippen LogP contribution in [0.2, 0.25) is 0 Å². The Hall–Kier alpha value is -2.55. The Kier molecular flexibility index (Phi) is 5.49. The number of aryl methyl sites for hydroxylation is 3. The summed E-state index contributed by atoms with van der Waals surface area (Å²) in [5, 5.41) is 6.64. The molecule has 0 amide bonds. The quantitative estimate of drug-likeness (QED) is 0.554. The molecule has 150 valence electrons. The molecule has 0 fully saturated rings. The van der Waals surface area contributed by atoms with Gasteiger partial charge in [0.25, 0.3) is 0 Å². The molecular weight excluding hydrogens is 402 g/mol. The molecule has 3 aromatic rings. The molecule has 1 heterocycles. The van der Waals surface area contributed by atoms with Crippen LogP contribution in [0.15, 0.2) is 53.7 Å². The lowest BCUT2D eigenvalue weighted by atomic mass is 10.1. The van der Waals surface area contributed by atoms with Crippen LogP contribution < -0.4 is 15.4 Å². The van der Waals surface area contributed by atoms with Gasteiger partial charge in [0.05, 0.1) is 4.90 Å². The number of fused-ring (bicyclic) bond motifs is 1. The minimum Gasteiger partial charge on any atom is -0.340 e. The van der Waals surface area contributed by atoms with E-state index in [-0.39, 0.29) is 0 Å². The van der Waals surface area contributed by atoms with Crippen LogP contribution in [0, 0.1) is 6.92 Å². The molecule has 1 aliphatic carbocycles. The van der Waals surface area contributed by atoms with E-state index in [1.807, 2.05) is 19.1 Å². The topological polar surface area (TPSA) is 78.9 Å². The van der Waals surface area contributed by atoms with Crippen LogP contribution in [0.5, 0.6) is 0 Å². The highest BCUT2D eigenvalue weighted by Crippen LogP contribution is 2.27. The van der Waals surface area contributed by atoms with Crippen molar-refractivity contribution in [1.82, 2.24) is 14.7 Å². The van der Waals surface area contributed by atoms with Crippen molar-refractivity contribution in [3.8, 4) is 0 Å². The Morgan fingerprint density at radius 3 is 2.52 bits per heavy atom. The summed E-state index contributed by atoms with van der Waals surface area (Å²) < 4.78 is 15.2. The van der Waals surface area contributed by atoms with E-state index in [9.17, 15) is 4.21 Å². The molecule has 0 radical (unpaired) electrons. The minimum atomic E-state index is -2.69. The molecule has 0 saturated heterocycles. The third-order valence-electron chi connectivity index (χ3n) is 5.09. The van der Waals surface area contributed by atoms with Gasteiger partial charge in [0.1, 0.15) is 26.6 Å². The van der Waals surface area contributed by atoms with Gasteiger partial charge in [0.2, 0.25) is 0 Å². The Morgan fingerprint density at radius 2 is 1.72 bits per heavy atom. The van der Waals surface area contributed by atoms with Gasteiger partial charge in [-0.1, -0.05) is 12.1 Å². The standard InChI is InChI=1S/C21H23N5OS2/c1-14-6-9-18(29(27,28)22-2)11-19(14)26-21-12-20(23-13-24-21)25-17-8-7-15-4-3-5-16(15)10-17/h6-13,22H,3-5H2,1-2H3,(H2,23,24,25,26). The van der Waals surface area contributed by atoms with Gasteiger partial charge in [-0.2, -0.15) is 0 Å². The summed E-state index contributed by atoms with van der Waals surface area (Å²) in [5.41, 5.74) is 5.68. The van der Waals surface area contributed by atoms with Crippen molar-refractivity contribution in [2.24, 2.45) is 0 Å². The average Bonchev–Trinajstić information content (AvgIpc) is 3.18. The SMILES string of the molecule is CNS(=O)(=S)c1ccc(C)c(Nc2cc(Nc3ccc4c(c3)CCC4)ncn2)c1. The first kappa shape index (κ1) is 19.8. The van der Waals surface area contributed by atoms with Crippen molar-refractivity contribution in [2.75, 3.05) is 17.7 Å². The van der Waals surface area contributed by atoms with Crippen molar-refractivity contribution in [3.05, 3.63) is 65.5 Å². The summed E-state index contributed by atoms with van der Waals surface area (Å²) in [7, 11) is -1.08. The van der Waals surface area contributed by atoms with E-state index in [2.05, 4.69) is 43.5 Å². The lowest BCUT2D eigenvalue weighted by Gasteiger charge is -2.13. The molecule has 1 unspecified atom stereocenters. The fourth-order valence-corrected chi connectivity index (χ4v) is 4.52. The van der Waals surface area contributed by atoms with Crippen molar-refractivity contribution < 1.29 is 4.21 Å². The molecular formula is C21H23N5OS2. The van der Waals surface area contributed by atoms with Gasteiger partial charge in [-0.15, -0.1) is 0 Å². The second-order valence-electron chi connectivity index (χ2n) is 7.06. The summed E-state index contributed by atoms with van der Waals surface area (Å²) in [6.07, 6.45) is 5.04. The van der Waals surface area contributed by atoms with Crippen LogP contribution in [-0.2, 0) is 32.7 Å². The number of aromatic nitrogens is 2. The second-order valence-corrected chi connectivity index (χ2v) is 10.4. The van der Waals surface area contributed by atoms with Crippen LogP contribution in [0.25, 0.3) is 0 Å². The smallest absolute Gasteiger partial charge is 0.135 e. The van der Waals surface area contributed by atoms with Crippen molar-refractivity contribution >= 4 is 42.9 Å². The van der Waals surface area contributed by atoms with E-state index < -0.39 is 8.68 Å². The molecule has 1 aliphatic rings. The largest absolute Gasteiger partial charge is 0.340 e. The van der Waals surface area contributed by atoms with Crippen molar-refractivity contribution in [1.29, 1.82) is 0 Å². The fourth-order valence-electron chi connectivity index (χ4n) is 3.45. The van der Waals surface area contributed by atoms with E-state index in [1.165, 1.54) is 30.3 Å². The maximum atomic E-state index is 12.5. The molecule has 1 aromatic heterocycles. The molecule has 8 heteroatoms. The molecule has 0 aliphatic heterocycles. The maximum absolute atomic E-state index is 12.5. The predicted octanol–water partition coefficient (Wildman–Crippen LogP) is 4.00. The van der Waals surface area contributed by atoms with E-state index in [0.717, 1.165) is 23.4 Å². The predicted molar refractivity (Wildman–Crippen MR) is 121 cm³/mol. The zero-order valence-electron chi connectivity index (χ0n) is 16.4. The highest BCUT2D eigenvalue weighted by molar-refractivity contribution is 8.31. The fraction of sp³-hybridized carbons (Fsp3) is 0.238. The van der Waals surface area contributed by atoms with E-state index in [4.69, 9.17) is 11.2 Å². The molecule has 3 N–H and O–H groups in total. The van der Waals surface area contributed by atoms with Gasteiger partial charge in [-0.3, -0.25) is 0 Å². The summed E-state index contributed by atoms with van der Waals surface area (Å²) >= 11 is 5.16. The number of nitrogens with zero attached hydrogens (tertiary/aromatic N) is 2. The van der Waals surface area contributed by atoms with Gasteiger partial charge in [0, 0.05) is 28.6 Å². The monoisotopic (exact) mass is 425 g/mol. The molecule has 29 heavy (non-hydrogen) atoms. The average molecular weight is 426 g/mol. The Balaban J connectivity index is 1.56. The number of nitrogens with one attached hydrogen (secondary N) is 3. The van der Waals surface area contributed by atoms with Crippen LogP contribution in [0.4, 0.5) is 23.0 Å². The minimum absolute atomic E-state index is 0.564. The molecule has 6 nitrogen and oxygen atoms in total. The molecule has 4 rings (SSSR count). The van der Waals surface area contributed by atoms with Crippen molar-refractivity contribution in [3.63, 3.8) is 0 Å². The number of benzene rings is 2. The normalized spacial score (nSPS) is 14.8. The molecule has 2 aromatic carbocycles. The van der Waals surface area contributed by atoms with E-state index >= 15 is 0 Å². The zero-order chi connectivity index (χ0) is 20.4. The van der Waals surface area contributed by atoms with Crippen LogP contribution in [0.1, 0.15) is 23.1 Å². The lowest BCUT2D eigenvalue weighted by Crippen LogP contribution is -2.17. The molecule has 1 atom stereocenters. The molecule has 0 bridgehead atoms. The zero-order valence-corrected chi connectivity index (χ0v) is 18.0. The molecule has 0 spiro atoms. The highest BCUT2D eigenvalue weighted by atomic mass is 32.8. The van der Waals surface area contributed by atoms with Gasteiger partial charge in [-0.25, -0.2) is 18.9 Å². The van der Waals surface area contributed by atoms with Gasteiger partial charge in [-0.05, 0) is 74.2 Å². The third kappa shape index (κ3) is 4.39. The number of hydrogen-bond donors (Lipinski definition) is 3. The Morgan fingerprint density at radius 1 is 0.966 bits per heavy atom. The van der Waals surface area contributed by atoms with Crippen LogP contribution in [-0.4, -0.2) is 21.2 Å². The lowest BCUT2D eigenvalue weighted by molar-refractivity contribution is 0.676. The Bertz CT molecular complexity index is 1160. The third-order valence-corrected chi connectivity index (χ3v) is 7.58. The summed E-state index contributed by atoms with van der Waals surface area (Å²) in [4.78, 5) is 9.20. The summed E-state index contributed by atoms with van der Waals surface area (Å²) in [6.45, 7) is 1.97. The first-order chi connectivity index (χ1) is 13.9. The number of rotatable bonds is 6. The highest BCUT2D eigenvalue weighted by Gasteiger charge is 2.12. The van der Waals surface area contributed by atoms with Crippen LogP contribution in [0.3, 0.4) is 0 Å². The number of anilines is 4. The van der Waals surface area contributed by atoms with Gasteiger partial charge < -0.3 is 10.6 Å². The summed E-state index contributed by atoms with van der Waals surface area (Å²) in [5.74, 6) is 1.35. The van der Waals surface area contributed by atoms with Crippen molar-refractivity contribution in [2.45, 2.75) is 31.1 Å². The van der Waals surface area contributed by atoms with Gasteiger partial charge >= 0.3 is 0 Å². The second kappa shape index (κ2) is 8.06. The first-order valence-electron chi connectivity index (χ1n) is 9.47. The maximum Gasteiger partial charge on any atom is 0.135 e. The molecule has 0 saturated carbocycles. The Labute approximate surface area is 176 Å².